The molecule has 0 saturated carbocycles. The van der Waals surface area contributed by atoms with Gasteiger partial charge in [0.05, 0.1) is 5.56 Å². The third-order valence-electron chi connectivity index (χ3n) is 4.72. The minimum absolute atomic E-state index is 0.0544. The molecule has 174 valence electrons. The highest BCUT2D eigenvalue weighted by Crippen LogP contribution is 2.35. The molecule has 0 unspecified atom stereocenters. The summed E-state index contributed by atoms with van der Waals surface area (Å²) in [5.74, 6) is -14.4. The molecule has 1 aliphatic rings. The van der Waals surface area contributed by atoms with Crippen LogP contribution in [0.4, 0.5) is 22.0 Å². The fourth-order valence-electron chi connectivity index (χ4n) is 3.15. The second-order valence-corrected chi connectivity index (χ2v) is 7.17. The molecule has 10 heteroatoms. The molecule has 0 N–H and O–H groups in total. The van der Waals surface area contributed by atoms with Crippen LogP contribution in [0, 0.1) is 36.0 Å². The van der Waals surface area contributed by atoms with E-state index in [1.54, 1.807) is 12.1 Å². The molecule has 0 aromatic heterocycles. The number of rotatable bonds is 5. The lowest BCUT2D eigenvalue weighted by molar-refractivity contribution is -0.136. The second kappa shape index (κ2) is 8.97. The molecule has 0 amide bonds. The SMILES string of the molecule is Cc1cccc(/C=C2\Oc3cc(OC(=O)COc4c(F)c(F)c(F)c(F)c4F)ccc3C2=O)c1. The summed E-state index contributed by atoms with van der Waals surface area (Å²) in [6, 6.07) is 11.2. The molecule has 0 atom stereocenters. The maximum Gasteiger partial charge on any atom is 0.349 e. The van der Waals surface area contributed by atoms with Gasteiger partial charge in [-0.25, -0.2) is 18.0 Å². The molecule has 0 radical (unpaired) electrons. The third-order valence-corrected chi connectivity index (χ3v) is 4.72. The van der Waals surface area contributed by atoms with E-state index in [0.29, 0.717) is 0 Å². The zero-order valence-corrected chi connectivity index (χ0v) is 17.3. The van der Waals surface area contributed by atoms with E-state index in [1.807, 2.05) is 25.1 Å². The van der Waals surface area contributed by atoms with Gasteiger partial charge in [-0.1, -0.05) is 29.8 Å². The first-order chi connectivity index (χ1) is 16.2. The Labute approximate surface area is 189 Å². The molecule has 3 aromatic carbocycles. The quantitative estimate of drug-likeness (QED) is 0.125. The number of benzene rings is 3. The van der Waals surface area contributed by atoms with Gasteiger partial charge in [0.1, 0.15) is 11.5 Å². The Hall–Kier alpha value is -4.21. The van der Waals surface area contributed by atoms with Crippen molar-refractivity contribution in [2.45, 2.75) is 6.92 Å². The molecule has 0 aliphatic carbocycles. The summed E-state index contributed by atoms with van der Waals surface area (Å²) in [6.07, 6.45) is 1.55. The van der Waals surface area contributed by atoms with Crippen molar-refractivity contribution in [3.05, 3.63) is 94.0 Å². The van der Waals surface area contributed by atoms with Gasteiger partial charge < -0.3 is 14.2 Å². The Morgan fingerprint density at radius 3 is 2.29 bits per heavy atom. The van der Waals surface area contributed by atoms with Crippen molar-refractivity contribution in [1.82, 2.24) is 0 Å². The van der Waals surface area contributed by atoms with Crippen molar-refractivity contribution in [2.75, 3.05) is 6.61 Å². The van der Waals surface area contributed by atoms with E-state index in [-0.39, 0.29) is 28.6 Å². The van der Waals surface area contributed by atoms with E-state index in [0.717, 1.165) is 11.1 Å². The topological polar surface area (TPSA) is 61.8 Å². The Morgan fingerprint density at radius 1 is 0.941 bits per heavy atom. The molecule has 0 fully saturated rings. The smallest absolute Gasteiger partial charge is 0.349 e. The van der Waals surface area contributed by atoms with Crippen LogP contribution in [0.5, 0.6) is 17.2 Å². The molecule has 34 heavy (non-hydrogen) atoms. The summed E-state index contributed by atoms with van der Waals surface area (Å²) >= 11 is 0. The molecular weight excluding hydrogens is 463 g/mol. The Morgan fingerprint density at radius 2 is 1.62 bits per heavy atom. The normalized spacial score (nSPS) is 13.6. The Bertz CT molecular complexity index is 1340. The van der Waals surface area contributed by atoms with E-state index in [9.17, 15) is 31.5 Å². The van der Waals surface area contributed by atoms with Crippen molar-refractivity contribution in [1.29, 1.82) is 0 Å². The van der Waals surface area contributed by atoms with Gasteiger partial charge in [0.2, 0.25) is 34.9 Å². The Kier molecular flexibility index (Phi) is 6.06. The molecule has 1 aliphatic heterocycles. The number of carbonyl (C=O) groups excluding carboxylic acids is 2. The van der Waals surface area contributed by atoms with Crippen LogP contribution in [-0.2, 0) is 4.79 Å². The molecule has 0 bridgehead atoms. The zero-order chi connectivity index (χ0) is 24.6. The zero-order valence-electron chi connectivity index (χ0n) is 17.3. The molecule has 4 rings (SSSR count). The average Bonchev–Trinajstić information content (AvgIpc) is 3.10. The Balaban J connectivity index is 1.45. The number of Topliss-reactive ketones (excluding diaryl/α,β-unsaturated/α-hetero) is 1. The number of esters is 1. The van der Waals surface area contributed by atoms with Gasteiger partial charge in [0, 0.05) is 6.07 Å². The largest absolute Gasteiger partial charge is 0.476 e. The van der Waals surface area contributed by atoms with Gasteiger partial charge in [-0.3, -0.25) is 4.79 Å². The van der Waals surface area contributed by atoms with Crippen molar-refractivity contribution in [3.63, 3.8) is 0 Å². The first-order valence-electron chi connectivity index (χ1n) is 9.65. The van der Waals surface area contributed by atoms with E-state index in [2.05, 4.69) is 4.74 Å². The van der Waals surface area contributed by atoms with Crippen LogP contribution in [0.25, 0.3) is 6.08 Å². The lowest BCUT2D eigenvalue weighted by Gasteiger charge is -2.10. The molecule has 3 aromatic rings. The number of ether oxygens (including phenoxy) is 3. The number of halogens is 5. The fourth-order valence-corrected chi connectivity index (χ4v) is 3.15. The second-order valence-electron chi connectivity index (χ2n) is 7.17. The van der Waals surface area contributed by atoms with E-state index >= 15 is 0 Å². The summed E-state index contributed by atoms with van der Waals surface area (Å²) < 4.78 is 81.7. The number of carbonyl (C=O) groups is 2. The van der Waals surface area contributed by atoms with Gasteiger partial charge >= 0.3 is 5.97 Å². The highest BCUT2D eigenvalue weighted by atomic mass is 19.2. The summed E-state index contributed by atoms with van der Waals surface area (Å²) in [7, 11) is 0. The van der Waals surface area contributed by atoms with Crippen LogP contribution in [0.3, 0.4) is 0 Å². The molecule has 5 nitrogen and oxygen atoms in total. The molecule has 0 spiro atoms. The number of ketones is 1. The highest BCUT2D eigenvalue weighted by molar-refractivity contribution is 6.14. The van der Waals surface area contributed by atoms with Crippen molar-refractivity contribution in [3.8, 4) is 17.2 Å². The maximum absolute atomic E-state index is 13.6. The summed E-state index contributed by atoms with van der Waals surface area (Å²) in [4.78, 5) is 24.5. The summed E-state index contributed by atoms with van der Waals surface area (Å²) in [6.45, 7) is 0.734. The van der Waals surface area contributed by atoms with Gasteiger partial charge in [-0.2, -0.15) is 8.78 Å². The number of allylic oxidation sites excluding steroid dienone is 1. The van der Waals surface area contributed by atoms with Gasteiger partial charge in [0.25, 0.3) is 0 Å². The average molecular weight is 476 g/mol. The molecule has 1 heterocycles. The van der Waals surface area contributed by atoms with Crippen LogP contribution in [0.2, 0.25) is 0 Å². The number of hydrogen-bond acceptors (Lipinski definition) is 5. The van der Waals surface area contributed by atoms with Crippen LogP contribution >= 0.6 is 0 Å². The maximum atomic E-state index is 13.6. The predicted molar refractivity (Wildman–Crippen MR) is 108 cm³/mol. The van der Waals surface area contributed by atoms with Crippen LogP contribution in [-0.4, -0.2) is 18.4 Å². The lowest BCUT2D eigenvalue weighted by Crippen LogP contribution is -2.19. The monoisotopic (exact) mass is 476 g/mol. The van der Waals surface area contributed by atoms with Crippen LogP contribution < -0.4 is 14.2 Å². The number of aryl methyl sites for hydroxylation is 1. The van der Waals surface area contributed by atoms with E-state index in [4.69, 9.17) is 9.47 Å². The standard InChI is InChI=1S/C24H13F5O5/c1-11-3-2-4-12(7-11)8-16-23(31)14-6-5-13(9-15(14)34-16)33-17(30)10-32-24-21(28)19(26)18(25)20(27)22(24)29/h2-9H,10H2,1H3/b16-8-. The van der Waals surface area contributed by atoms with E-state index in [1.165, 1.54) is 18.2 Å². The van der Waals surface area contributed by atoms with Crippen LogP contribution in [0.15, 0.2) is 48.2 Å². The van der Waals surface area contributed by atoms with Crippen molar-refractivity contribution < 1.29 is 45.8 Å². The molecular formula is C24H13F5O5. The van der Waals surface area contributed by atoms with Crippen LogP contribution in [0.1, 0.15) is 21.5 Å². The fraction of sp³-hybridized carbons (Fsp3) is 0.0833. The van der Waals surface area contributed by atoms with Gasteiger partial charge in [0.15, 0.2) is 18.1 Å². The number of hydrogen-bond donors (Lipinski definition) is 0. The summed E-state index contributed by atoms with van der Waals surface area (Å²) in [5, 5.41) is 0. The first-order valence-corrected chi connectivity index (χ1v) is 9.65. The van der Waals surface area contributed by atoms with Crippen molar-refractivity contribution >= 4 is 17.8 Å². The number of fused-ring (bicyclic) bond motifs is 1. The van der Waals surface area contributed by atoms with Crippen molar-refractivity contribution in [2.24, 2.45) is 0 Å². The van der Waals surface area contributed by atoms with Gasteiger partial charge in [-0.05, 0) is 30.7 Å². The minimum Gasteiger partial charge on any atom is -0.476 e. The van der Waals surface area contributed by atoms with E-state index < -0.39 is 47.4 Å². The minimum atomic E-state index is -2.35. The van der Waals surface area contributed by atoms with Gasteiger partial charge in [-0.15, -0.1) is 0 Å². The molecule has 0 saturated heterocycles. The highest BCUT2D eigenvalue weighted by Gasteiger charge is 2.29. The third kappa shape index (κ3) is 4.34. The first kappa shape index (κ1) is 23.0. The lowest BCUT2D eigenvalue weighted by atomic mass is 10.1. The summed E-state index contributed by atoms with van der Waals surface area (Å²) in [5.41, 5.74) is 1.95. The predicted octanol–water partition coefficient (Wildman–Crippen LogP) is 5.29.